The molecule has 0 aromatic heterocycles. The van der Waals surface area contributed by atoms with Crippen molar-refractivity contribution in [2.75, 3.05) is 22.4 Å². The molecule has 2 aromatic carbocycles. The van der Waals surface area contributed by atoms with Crippen LogP contribution in [0.5, 0.6) is 5.75 Å². The van der Waals surface area contributed by atoms with Gasteiger partial charge in [-0.25, -0.2) is 17.2 Å². The lowest BCUT2D eigenvalue weighted by atomic mass is 10.2. The summed E-state index contributed by atoms with van der Waals surface area (Å²) in [5, 5.41) is 2.35. The minimum absolute atomic E-state index is 0.0130. The standard InChI is InChI=1S/C18H20F2N2O4S/c1-12(2)26-17-7-5-4-6-16(17)22(27(3,24)25)11-18(23)21-13-8-9-14(19)15(20)10-13/h4-10,12H,11H2,1-3H3,(H,21,23). The van der Waals surface area contributed by atoms with Gasteiger partial charge in [0.1, 0.15) is 12.3 Å². The molecule has 0 aliphatic heterocycles. The fourth-order valence-corrected chi connectivity index (χ4v) is 3.16. The molecule has 0 atom stereocenters. The molecular formula is C18H20F2N2O4S. The molecule has 9 heteroatoms. The summed E-state index contributed by atoms with van der Waals surface area (Å²) in [7, 11) is -3.82. The molecule has 0 heterocycles. The fraction of sp³-hybridized carbons (Fsp3) is 0.278. The third-order valence-electron chi connectivity index (χ3n) is 3.39. The average Bonchev–Trinajstić information content (AvgIpc) is 2.55. The van der Waals surface area contributed by atoms with Gasteiger partial charge in [-0.15, -0.1) is 0 Å². The first kappa shape index (κ1) is 20.6. The van der Waals surface area contributed by atoms with Gasteiger partial charge in [0.25, 0.3) is 0 Å². The van der Waals surface area contributed by atoms with Gasteiger partial charge in [-0.3, -0.25) is 9.10 Å². The molecule has 0 saturated carbocycles. The zero-order chi connectivity index (χ0) is 20.2. The van der Waals surface area contributed by atoms with Gasteiger partial charge in [-0.2, -0.15) is 0 Å². The van der Waals surface area contributed by atoms with Gasteiger partial charge in [0.05, 0.1) is 18.0 Å². The van der Waals surface area contributed by atoms with Gasteiger partial charge >= 0.3 is 0 Å². The van der Waals surface area contributed by atoms with Crippen LogP contribution in [-0.4, -0.2) is 33.2 Å². The number of rotatable bonds is 7. The van der Waals surface area contributed by atoms with E-state index in [4.69, 9.17) is 4.74 Å². The largest absolute Gasteiger partial charge is 0.489 e. The lowest BCUT2D eigenvalue weighted by molar-refractivity contribution is -0.114. The van der Waals surface area contributed by atoms with Crippen LogP contribution in [0.1, 0.15) is 13.8 Å². The quantitative estimate of drug-likeness (QED) is 0.777. The Hall–Kier alpha value is -2.68. The number of anilines is 2. The van der Waals surface area contributed by atoms with E-state index >= 15 is 0 Å². The highest BCUT2D eigenvalue weighted by molar-refractivity contribution is 7.92. The van der Waals surface area contributed by atoms with Crippen molar-refractivity contribution in [1.82, 2.24) is 0 Å². The second-order valence-corrected chi connectivity index (χ2v) is 7.99. The first-order valence-electron chi connectivity index (χ1n) is 8.06. The van der Waals surface area contributed by atoms with Crippen molar-refractivity contribution in [3.8, 4) is 5.75 Å². The summed E-state index contributed by atoms with van der Waals surface area (Å²) < 4.78 is 57.2. The highest BCUT2D eigenvalue weighted by Gasteiger charge is 2.24. The smallest absolute Gasteiger partial charge is 0.245 e. The van der Waals surface area contributed by atoms with Crippen LogP contribution >= 0.6 is 0 Å². The maximum absolute atomic E-state index is 13.3. The molecule has 0 aliphatic rings. The Kier molecular flexibility index (Phi) is 6.37. The molecule has 0 saturated heterocycles. The predicted molar refractivity (Wildman–Crippen MR) is 99.4 cm³/mol. The lowest BCUT2D eigenvalue weighted by Crippen LogP contribution is -2.37. The average molecular weight is 398 g/mol. The van der Waals surface area contributed by atoms with Crippen molar-refractivity contribution in [1.29, 1.82) is 0 Å². The lowest BCUT2D eigenvalue weighted by Gasteiger charge is -2.25. The zero-order valence-corrected chi connectivity index (χ0v) is 15.9. The summed E-state index contributed by atoms with van der Waals surface area (Å²) >= 11 is 0. The van der Waals surface area contributed by atoms with Gasteiger partial charge in [0.2, 0.25) is 15.9 Å². The van der Waals surface area contributed by atoms with Crippen LogP contribution in [0.2, 0.25) is 0 Å². The Labute approximate surface area is 156 Å². The van der Waals surface area contributed by atoms with Gasteiger partial charge in [0, 0.05) is 11.8 Å². The van der Waals surface area contributed by atoms with Gasteiger partial charge < -0.3 is 10.1 Å². The molecule has 0 spiro atoms. The van der Waals surface area contributed by atoms with Crippen molar-refractivity contribution in [3.05, 3.63) is 54.1 Å². The SMILES string of the molecule is CC(C)Oc1ccccc1N(CC(=O)Nc1ccc(F)c(F)c1)S(C)(=O)=O. The number of hydrogen-bond donors (Lipinski definition) is 1. The van der Waals surface area contributed by atoms with Crippen molar-refractivity contribution >= 4 is 27.3 Å². The summed E-state index contributed by atoms with van der Waals surface area (Å²) in [6.45, 7) is 3.02. The molecule has 27 heavy (non-hydrogen) atoms. The molecule has 0 radical (unpaired) electrons. The molecule has 0 bridgehead atoms. The highest BCUT2D eigenvalue weighted by Crippen LogP contribution is 2.30. The highest BCUT2D eigenvalue weighted by atomic mass is 32.2. The number of carbonyl (C=O) groups is 1. The monoisotopic (exact) mass is 398 g/mol. The van der Waals surface area contributed by atoms with E-state index in [0.717, 1.165) is 22.7 Å². The molecule has 1 amide bonds. The van der Waals surface area contributed by atoms with E-state index in [0.29, 0.717) is 5.75 Å². The second kappa shape index (κ2) is 8.34. The summed E-state index contributed by atoms with van der Waals surface area (Å²) in [4.78, 5) is 12.3. The first-order chi connectivity index (χ1) is 12.6. The Bertz CT molecular complexity index is 933. The van der Waals surface area contributed by atoms with E-state index in [-0.39, 0.29) is 17.5 Å². The van der Waals surface area contributed by atoms with E-state index in [1.54, 1.807) is 32.0 Å². The molecule has 2 aromatic rings. The number of nitrogens with zero attached hydrogens (tertiary/aromatic N) is 1. The van der Waals surface area contributed by atoms with Crippen molar-refractivity contribution < 1.29 is 26.7 Å². The molecule has 0 fully saturated rings. The number of carbonyl (C=O) groups excluding carboxylic acids is 1. The topological polar surface area (TPSA) is 75.7 Å². The van der Waals surface area contributed by atoms with Gasteiger partial charge in [-0.1, -0.05) is 12.1 Å². The van der Waals surface area contributed by atoms with Crippen LogP contribution in [0.15, 0.2) is 42.5 Å². The molecule has 6 nitrogen and oxygen atoms in total. The van der Waals surface area contributed by atoms with Crippen LogP contribution in [0.4, 0.5) is 20.2 Å². The van der Waals surface area contributed by atoms with E-state index in [2.05, 4.69) is 5.32 Å². The first-order valence-corrected chi connectivity index (χ1v) is 9.91. The molecular weight excluding hydrogens is 378 g/mol. The van der Waals surface area contributed by atoms with E-state index in [1.807, 2.05) is 0 Å². The van der Waals surface area contributed by atoms with E-state index < -0.39 is 34.1 Å². The number of para-hydroxylation sites is 2. The Morgan fingerprint density at radius 1 is 1.15 bits per heavy atom. The van der Waals surface area contributed by atoms with Crippen LogP contribution < -0.4 is 14.4 Å². The zero-order valence-electron chi connectivity index (χ0n) is 15.1. The van der Waals surface area contributed by atoms with Gasteiger partial charge in [0.15, 0.2) is 11.6 Å². The summed E-state index contributed by atoms with van der Waals surface area (Å²) in [5.74, 6) is -2.58. The third-order valence-corrected chi connectivity index (χ3v) is 4.51. The summed E-state index contributed by atoms with van der Waals surface area (Å²) in [6, 6.07) is 9.27. The van der Waals surface area contributed by atoms with Crippen LogP contribution in [0, 0.1) is 11.6 Å². The predicted octanol–water partition coefficient (Wildman–Crippen LogP) is 3.16. The number of sulfonamides is 1. The maximum Gasteiger partial charge on any atom is 0.245 e. The van der Waals surface area contributed by atoms with E-state index in [1.165, 1.54) is 12.1 Å². The Morgan fingerprint density at radius 3 is 2.41 bits per heavy atom. The summed E-state index contributed by atoms with van der Waals surface area (Å²) in [6.07, 6.45) is 0.757. The molecule has 2 rings (SSSR count). The number of nitrogens with one attached hydrogen (secondary N) is 1. The van der Waals surface area contributed by atoms with E-state index in [9.17, 15) is 22.0 Å². The Morgan fingerprint density at radius 2 is 1.81 bits per heavy atom. The second-order valence-electron chi connectivity index (χ2n) is 6.08. The number of halogens is 2. The minimum Gasteiger partial charge on any atom is -0.489 e. The normalized spacial score (nSPS) is 11.3. The molecule has 0 unspecified atom stereocenters. The minimum atomic E-state index is -3.82. The number of ether oxygens (including phenoxy) is 1. The van der Waals surface area contributed by atoms with Crippen LogP contribution in [0.3, 0.4) is 0 Å². The maximum atomic E-state index is 13.3. The van der Waals surface area contributed by atoms with Gasteiger partial charge in [-0.05, 0) is 38.1 Å². The molecule has 0 aliphatic carbocycles. The number of hydrogen-bond acceptors (Lipinski definition) is 4. The molecule has 1 N–H and O–H groups in total. The number of amides is 1. The third kappa shape index (κ3) is 5.65. The fourth-order valence-electron chi connectivity index (χ4n) is 2.30. The van der Waals surface area contributed by atoms with Crippen molar-refractivity contribution in [2.24, 2.45) is 0 Å². The van der Waals surface area contributed by atoms with Crippen LogP contribution in [0.25, 0.3) is 0 Å². The Balaban J connectivity index is 2.28. The summed E-state index contributed by atoms with van der Waals surface area (Å²) in [5.41, 5.74) is 0.216. The van der Waals surface area contributed by atoms with Crippen LogP contribution in [-0.2, 0) is 14.8 Å². The van der Waals surface area contributed by atoms with Crippen molar-refractivity contribution in [2.45, 2.75) is 20.0 Å². The molecule has 146 valence electrons. The van der Waals surface area contributed by atoms with Crippen molar-refractivity contribution in [3.63, 3.8) is 0 Å². The number of benzene rings is 2.